The monoisotopic (exact) mass is 238 g/mol. The molecule has 1 aliphatic rings. The molecule has 0 aliphatic heterocycles. The van der Waals surface area contributed by atoms with Gasteiger partial charge in [-0.25, -0.2) is 0 Å². The van der Waals surface area contributed by atoms with E-state index in [1.807, 2.05) is 13.8 Å². The molecule has 0 aromatic carbocycles. The Morgan fingerprint density at radius 1 is 1.24 bits per heavy atom. The fourth-order valence-corrected chi connectivity index (χ4v) is 2.72. The van der Waals surface area contributed by atoms with Gasteiger partial charge in [0, 0.05) is 18.4 Å². The topological polar surface area (TPSA) is 37.3 Å². The molecular formula is C15H26O2. The normalized spacial score (nSPS) is 18.6. The van der Waals surface area contributed by atoms with Crippen LogP contribution in [-0.4, -0.2) is 10.9 Å². The van der Waals surface area contributed by atoms with Gasteiger partial charge in [0.15, 0.2) is 5.78 Å². The second kappa shape index (κ2) is 7.52. The van der Waals surface area contributed by atoms with Crippen LogP contribution in [-0.2, 0) is 4.79 Å². The molecule has 0 spiro atoms. The Hall–Kier alpha value is -0.790. The van der Waals surface area contributed by atoms with E-state index in [0.717, 1.165) is 12.8 Å². The molecule has 0 atom stereocenters. The van der Waals surface area contributed by atoms with E-state index in [4.69, 9.17) is 0 Å². The maximum atomic E-state index is 11.8. The number of carbonyl (C=O) groups excluding carboxylic acids is 1. The van der Waals surface area contributed by atoms with Crippen LogP contribution in [0.25, 0.3) is 0 Å². The molecule has 0 heterocycles. The third-order valence-corrected chi connectivity index (χ3v) is 3.93. The van der Waals surface area contributed by atoms with Crippen molar-refractivity contribution in [1.82, 2.24) is 0 Å². The van der Waals surface area contributed by atoms with Crippen molar-refractivity contribution in [1.29, 1.82) is 0 Å². The summed E-state index contributed by atoms with van der Waals surface area (Å²) < 4.78 is 0. The largest absolute Gasteiger partial charge is 0.512 e. The molecular weight excluding hydrogens is 212 g/mol. The zero-order valence-electron chi connectivity index (χ0n) is 11.2. The molecule has 1 saturated carbocycles. The molecule has 1 fully saturated rings. The van der Waals surface area contributed by atoms with Crippen LogP contribution in [0.2, 0.25) is 0 Å². The fraction of sp³-hybridized carbons (Fsp3) is 0.800. The number of ketones is 1. The summed E-state index contributed by atoms with van der Waals surface area (Å²) in [6.45, 7) is 4.09. The van der Waals surface area contributed by atoms with Gasteiger partial charge < -0.3 is 5.11 Å². The van der Waals surface area contributed by atoms with Crippen molar-refractivity contribution < 1.29 is 9.90 Å². The SMILES string of the molecule is CCC(CC)/C(O)=C/C(=O)CC1CCCCC1. The summed E-state index contributed by atoms with van der Waals surface area (Å²) in [5.41, 5.74) is 0. The maximum absolute atomic E-state index is 11.8. The molecule has 1 aliphatic carbocycles. The smallest absolute Gasteiger partial charge is 0.159 e. The summed E-state index contributed by atoms with van der Waals surface area (Å²) in [4.78, 5) is 11.8. The lowest BCUT2D eigenvalue weighted by molar-refractivity contribution is -0.115. The van der Waals surface area contributed by atoms with Crippen LogP contribution in [0.15, 0.2) is 11.8 Å². The second-order valence-electron chi connectivity index (χ2n) is 5.26. The Labute approximate surface area is 105 Å². The zero-order chi connectivity index (χ0) is 12.7. The Morgan fingerprint density at radius 2 is 1.82 bits per heavy atom. The Morgan fingerprint density at radius 3 is 2.35 bits per heavy atom. The van der Waals surface area contributed by atoms with E-state index < -0.39 is 0 Å². The first kappa shape index (κ1) is 14.3. The third kappa shape index (κ3) is 4.93. The van der Waals surface area contributed by atoms with E-state index in [1.54, 1.807) is 0 Å². The van der Waals surface area contributed by atoms with Crippen molar-refractivity contribution in [3.05, 3.63) is 11.8 Å². The van der Waals surface area contributed by atoms with Crippen LogP contribution >= 0.6 is 0 Å². The number of allylic oxidation sites excluding steroid dienone is 2. The van der Waals surface area contributed by atoms with Crippen molar-refractivity contribution in [2.75, 3.05) is 0 Å². The first-order valence-electron chi connectivity index (χ1n) is 7.10. The van der Waals surface area contributed by atoms with Crippen LogP contribution in [0.3, 0.4) is 0 Å². The number of aliphatic hydroxyl groups is 1. The highest BCUT2D eigenvalue weighted by molar-refractivity contribution is 5.90. The van der Waals surface area contributed by atoms with Gasteiger partial charge in [-0.15, -0.1) is 0 Å². The number of carbonyl (C=O) groups is 1. The first-order chi connectivity index (χ1) is 8.17. The van der Waals surface area contributed by atoms with Crippen LogP contribution in [0.5, 0.6) is 0 Å². The van der Waals surface area contributed by atoms with Crippen LogP contribution in [0.1, 0.15) is 65.2 Å². The summed E-state index contributed by atoms with van der Waals surface area (Å²) in [5.74, 6) is 1.12. The molecule has 0 radical (unpaired) electrons. The van der Waals surface area contributed by atoms with Crippen molar-refractivity contribution in [3.8, 4) is 0 Å². The molecule has 0 bridgehead atoms. The molecule has 0 amide bonds. The van der Waals surface area contributed by atoms with E-state index in [1.165, 1.54) is 38.2 Å². The van der Waals surface area contributed by atoms with Gasteiger partial charge in [0.05, 0.1) is 5.76 Å². The summed E-state index contributed by atoms with van der Waals surface area (Å²) in [6, 6.07) is 0. The standard InChI is InChI=1S/C15H26O2/c1-3-13(4-2)15(17)11-14(16)10-12-8-6-5-7-9-12/h11-13,17H,3-10H2,1-2H3/b15-11-. The van der Waals surface area contributed by atoms with Crippen molar-refractivity contribution in [2.45, 2.75) is 65.2 Å². The van der Waals surface area contributed by atoms with Crippen molar-refractivity contribution in [3.63, 3.8) is 0 Å². The van der Waals surface area contributed by atoms with Gasteiger partial charge in [-0.3, -0.25) is 4.79 Å². The minimum absolute atomic E-state index is 0.112. The van der Waals surface area contributed by atoms with E-state index in [2.05, 4.69) is 0 Å². The van der Waals surface area contributed by atoms with E-state index in [0.29, 0.717) is 12.3 Å². The molecule has 1 rings (SSSR count). The molecule has 0 aromatic rings. The zero-order valence-corrected chi connectivity index (χ0v) is 11.2. The minimum Gasteiger partial charge on any atom is -0.512 e. The van der Waals surface area contributed by atoms with Crippen molar-refractivity contribution >= 4 is 5.78 Å². The summed E-state index contributed by atoms with van der Waals surface area (Å²) in [7, 11) is 0. The van der Waals surface area contributed by atoms with Gasteiger partial charge >= 0.3 is 0 Å². The third-order valence-electron chi connectivity index (χ3n) is 3.93. The van der Waals surface area contributed by atoms with Crippen molar-refractivity contribution in [2.24, 2.45) is 11.8 Å². The molecule has 2 heteroatoms. The van der Waals surface area contributed by atoms with Crippen LogP contribution < -0.4 is 0 Å². The van der Waals surface area contributed by atoms with Gasteiger partial charge in [0.2, 0.25) is 0 Å². The number of hydrogen-bond donors (Lipinski definition) is 1. The second-order valence-corrected chi connectivity index (χ2v) is 5.26. The molecule has 17 heavy (non-hydrogen) atoms. The minimum atomic E-state index is 0.112. The van der Waals surface area contributed by atoms with E-state index >= 15 is 0 Å². The quantitative estimate of drug-likeness (QED) is 0.550. The fourth-order valence-electron chi connectivity index (χ4n) is 2.72. The molecule has 1 N–H and O–H groups in total. The summed E-state index contributed by atoms with van der Waals surface area (Å²) in [6.07, 6.45) is 10.1. The van der Waals surface area contributed by atoms with Gasteiger partial charge in [-0.2, -0.15) is 0 Å². The average molecular weight is 238 g/mol. The molecule has 0 aromatic heterocycles. The molecule has 2 nitrogen and oxygen atoms in total. The average Bonchev–Trinajstić information content (AvgIpc) is 2.31. The van der Waals surface area contributed by atoms with Gasteiger partial charge in [0.1, 0.15) is 0 Å². The van der Waals surface area contributed by atoms with E-state index in [-0.39, 0.29) is 17.5 Å². The molecule has 0 unspecified atom stereocenters. The maximum Gasteiger partial charge on any atom is 0.159 e. The Kier molecular flexibility index (Phi) is 6.31. The highest BCUT2D eigenvalue weighted by Crippen LogP contribution is 2.27. The Balaban J connectivity index is 2.43. The molecule has 0 saturated heterocycles. The van der Waals surface area contributed by atoms with Crippen LogP contribution in [0, 0.1) is 11.8 Å². The lowest BCUT2D eigenvalue weighted by Crippen LogP contribution is -2.12. The Bertz CT molecular complexity index is 258. The van der Waals surface area contributed by atoms with Crippen LogP contribution in [0.4, 0.5) is 0 Å². The number of hydrogen-bond acceptors (Lipinski definition) is 2. The summed E-state index contributed by atoms with van der Waals surface area (Å²) >= 11 is 0. The van der Waals surface area contributed by atoms with Gasteiger partial charge in [0.25, 0.3) is 0 Å². The van der Waals surface area contributed by atoms with Gasteiger partial charge in [-0.1, -0.05) is 46.0 Å². The highest BCUT2D eigenvalue weighted by atomic mass is 16.3. The highest BCUT2D eigenvalue weighted by Gasteiger charge is 2.17. The predicted octanol–water partition coefficient (Wildman–Crippen LogP) is 4.40. The molecule has 98 valence electrons. The first-order valence-corrected chi connectivity index (χ1v) is 7.10. The van der Waals surface area contributed by atoms with E-state index in [9.17, 15) is 9.90 Å². The number of aliphatic hydroxyl groups excluding tert-OH is 1. The van der Waals surface area contributed by atoms with Gasteiger partial charge in [-0.05, 0) is 18.8 Å². The lowest BCUT2D eigenvalue weighted by Gasteiger charge is -2.20. The lowest BCUT2D eigenvalue weighted by atomic mass is 9.85. The number of rotatable bonds is 6. The predicted molar refractivity (Wildman–Crippen MR) is 71.0 cm³/mol. The summed E-state index contributed by atoms with van der Waals surface area (Å²) in [5, 5.41) is 9.85.